The Balaban J connectivity index is 2.14. The summed E-state index contributed by atoms with van der Waals surface area (Å²) < 4.78 is 29.4. The minimum atomic E-state index is -2.39. The van der Waals surface area contributed by atoms with E-state index < -0.39 is 5.76 Å². The molecule has 1 aromatic heterocycles. The molecule has 0 radical (unpaired) electrons. The van der Waals surface area contributed by atoms with Crippen molar-refractivity contribution in [1.82, 2.24) is 15.5 Å². The molecule has 0 spiro atoms. The molecular weight excluding hydrogens is 288 g/mol. The van der Waals surface area contributed by atoms with Gasteiger partial charge >= 0.3 is 6.03 Å². The molecule has 1 rings (SSSR count). The smallest absolute Gasteiger partial charge is 0.316 e. The number of hydrogen-bond donors (Lipinski definition) is 2. The van der Waals surface area contributed by atoms with Gasteiger partial charge < -0.3 is 20.0 Å². The number of nitrogens with zero attached hydrogens (tertiary/aromatic N) is 1. The van der Waals surface area contributed by atoms with E-state index in [0.717, 1.165) is 0 Å². The Kier molecular flexibility index (Phi) is 7.38. The van der Waals surface area contributed by atoms with Crippen molar-refractivity contribution in [3.05, 3.63) is 23.7 Å². The van der Waals surface area contributed by atoms with Crippen molar-refractivity contribution in [3.63, 3.8) is 0 Å². The zero-order valence-electron chi connectivity index (χ0n) is 11.5. The Morgan fingerprint density at radius 3 is 2.70 bits per heavy atom. The Morgan fingerprint density at radius 1 is 1.35 bits per heavy atom. The van der Waals surface area contributed by atoms with Crippen LogP contribution in [0.3, 0.4) is 0 Å². The third-order valence-corrected chi connectivity index (χ3v) is 3.06. The predicted molar refractivity (Wildman–Crippen MR) is 74.8 cm³/mol. The SMILES string of the molecule is CN(C)C(=O)NCCNCc1ccc(CSC(F)F)o1. The van der Waals surface area contributed by atoms with Crippen molar-refractivity contribution in [2.45, 2.75) is 18.1 Å². The number of furan rings is 1. The fourth-order valence-electron chi connectivity index (χ4n) is 1.37. The fourth-order valence-corrected chi connectivity index (χ4v) is 1.81. The molecule has 2 N–H and O–H groups in total. The van der Waals surface area contributed by atoms with E-state index in [2.05, 4.69) is 10.6 Å². The highest BCUT2D eigenvalue weighted by atomic mass is 32.2. The highest BCUT2D eigenvalue weighted by molar-refractivity contribution is 7.98. The largest absolute Gasteiger partial charge is 0.464 e. The van der Waals surface area contributed by atoms with Gasteiger partial charge in [0.25, 0.3) is 5.76 Å². The van der Waals surface area contributed by atoms with Crippen LogP contribution >= 0.6 is 11.8 Å². The van der Waals surface area contributed by atoms with E-state index in [0.29, 0.717) is 42.9 Å². The normalized spacial score (nSPS) is 10.8. The van der Waals surface area contributed by atoms with Crippen molar-refractivity contribution in [1.29, 1.82) is 0 Å². The van der Waals surface area contributed by atoms with E-state index in [1.54, 1.807) is 26.2 Å². The lowest BCUT2D eigenvalue weighted by Crippen LogP contribution is -2.38. The lowest BCUT2D eigenvalue weighted by molar-refractivity contribution is 0.217. The second-order valence-electron chi connectivity index (χ2n) is 4.24. The van der Waals surface area contributed by atoms with Crippen molar-refractivity contribution < 1.29 is 18.0 Å². The van der Waals surface area contributed by atoms with Gasteiger partial charge in [0, 0.05) is 27.2 Å². The summed E-state index contributed by atoms with van der Waals surface area (Å²) in [4.78, 5) is 12.7. The monoisotopic (exact) mass is 307 g/mol. The number of amides is 2. The van der Waals surface area contributed by atoms with Crippen LogP contribution in [0.4, 0.5) is 13.6 Å². The standard InChI is InChI=1S/C12H19F2N3O2S/c1-17(2)12(18)16-6-5-15-7-9-3-4-10(19-9)8-20-11(13)14/h3-4,11,15H,5-8H2,1-2H3,(H,16,18). The van der Waals surface area contributed by atoms with Crippen LogP contribution in [0.2, 0.25) is 0 Å². The van der Waals surface area contributed by atoms with Gasteiger partial charge in [0.1, 0.15) is 11.5 Å². The lowest BCUT2D eigenvalue weighted by atomic mass is 10.4. The second-order valence-corrected chi connectivity index (χ2v) is 5.22. The molecular formula is C12H19F2N3O2S. The molecule has 5 nitrogen and oxygen atoms in total. The molecule has 0 bridgehead atoms. The molecule has 0 aliphatic rings. The number of halogens is 2. The van der Waals surface area contributed by atoms with Crippen LogP contribution in [0.25, 0.3) is 0 Å². The number of hydrogen-bond acceptors (Lipinski definition) is 4. The fraction of sp³-hybridized carbons (Fsp3) is 0.583. The number of alkyl halides is 2. The molecule has 0 saturated carbocycles. The zero-order valence-corrected chi connectivity index (χ0v) is 12.3. The van der Waals surface area contributed by atoms with E-state index in [9.17, 15) is 13.6 Å². The maximum atomic E-state index is 12.0. The first-order valence-corrected chi connectivity index (χ1v) is 7.17. The maximum Gasteiger partial charge on any atom is 0.316 e. The summed E-state index contributed by atoms with van der Waals surface area (Å²) in [6.45, 7) is 1.60. The molecule has 0 fully saturated rings. The summed E-state index contributed by atoms with van der Waals surface area (Å²) in [5, 5.41) is 5.81. The average Bonchev–Trinajstić information content (AvgIpc) is 2.83. The van der Waals surface area contributed by atoms with Gasteiger partial charge in [0.05, 0.1) is 12.3 Å². The van der Waals surface area contributed by atoms with Gasteiger partial charge in [-0.15, -0.1) is 0 Å². The molecule has 0 aromatic carbocycles. The topological polar surface area (TPSA) is 57.5 Å². The van der Waals surface area contributed by atoms with Gasteiger partial charge in [-0.05, 0) is 12.1 Å². The quantitative estimate of drug-likeness (QED) is 0.722. The van der Waals surface area contributed by atoms with E-state index in [4.69, 9.17) is 4.42 Å². The van der Waals surface area contributed by atoms with Gasteiger partial charge in [-0.1, -0.05) is 11.8 Å². The summed E-state index contributed by atoms with van der Waals surface area (Å²) >= 11 is 0.536. The molecule has 20 heavy (non-hydrogen) atoms. The van der Waals surface area contributed by atoms with Crippen LogP contribution in [-0.4, -0.2) is 43.9 Å². The van der Waals surface area contributed by atoms with Crippen LogP contribution in [-0.2, 0) is 12.3 Å². The first kappa shape index (κ1) is 16.8. The molecule has 0 aliphatic carbocycles. The number of carbonyl (C=O) groups is 1. The van der Waals surface area contributed by atoms with Gasteiger partial charge in [-0.3, -0.25) is 0 Å². The highest BCUT2D eigenvalue weighted by Crippen LogP contribution is 2.21. The Morgan fingerprint density at radius 2 is 2.05 bits per heavy atom. The van der Waals surface area contributed by atoms with Crippen LogP contribution in [0, 0.1) is 0 Å². The second kappa shape index (κ2) is 8.80. The van der Waals surface area contributed by atoms with E-state index in [1.165, 1.54) is 4.90 Å². The molecule has 0 saturated heterocycles. The minimum absolute atomic E-state index is 0.142. The number of thioether (sulfide) groups is 1. The summed E-state index contributed by atoms with van der Waals surface area (Å²) in [6, 6.07) is 3.31. The summed E-state index contributed by atoms with van der Waals surface area (Å²) in [6.07, 6.45) is 0. The summed E-state index contributed by atoms with van der Waals surface area (Å²) in [5.41, 5.74) is 0. The van der Waals surface area contributed by atoms with E-state index in [-0.39, 0.29) is 11.8 Å². The minimum Gasteiger partial charge on any atom is -0.464 e. The lowest BCUT2D eigenvalue weighted by Gasteiger charge is -2.11. The van der Waals surface area contributed by atoms with Crippen molar-refractivity contribution >= 4 is 17.8 Å². The number of carbonyl (C=O) groups excluding carboxylic acids is 1. The zero-order chi connectivity index (χ0) is 15.0. The van der Waals surface area contributed by atoms with E-state index in [1.807, 2.05) is 0 Å². The van der Waals surface area contributed by atoms with Crippen molar-refractivity contribution in [2.75, 3.05) is 27.2 Å². The average molecular weight is 307 g/mol. The van der Waals surface area contributed by atoms with Crippen LogP contribution in [0.15, 0.2) is 16.5 Å². The first-order valence-electron chi connectivity index (χ1n) is 6.12. The molecule has 114 valence electrons. The number of nitrogens with one attached hydrogen (secondary N) is 2. The van der Waals surface area contributed by atoms with E-state index >= 15 is 0 Å². The molecule has 8 heteroatoms. The van der Waals surface area contributed by atoms with Gasteiger partial charge in [-0.25, -0.2) is 4.79 Å². The van der Waals surface area contributed by atoms with Gasteiger partial charge in [0.2, 0.25) is 0 Å². The summed E-state index contributed by atoms with van der Waals surface area (Å²) in [5.74, 6) is -1.000. The number of urea groups is 1. The van der Waals surface area contributed by atoms with Gasteiger partial charge in [-0.2, -0.15) is 8.78 Å². The molecule has 2 amide bonds. The van der Waals surface area contributed by atoms with Crippen LogP contribution < -0.4 is 10.6 Å². The van der Waals surface area contributed by atoms with Crippen molar-refractivity contribution in [3.8, 4) is 0 Å². The first-order chi connectivity index (χ1) is 9.49. The van der Waals surface area contributed by atoms with Crippen LogP contribution in [0.1, 0.15) is 11.5 Å². The highest BCUT2D eigenvalue weighted by Gasteiger charge is 2.07. The Bertz CT molecular complexity index is 413. The molecule has 1 heterocycles. The van der Waals surface area contributed by atoms with Crippen LogP contribution in [0.5, 0.6) is 0 Å². The Hall–Kier alpha value is -1.28. The molecule has 0 unspecified atom stereocenters. The third-order valence-electron chi connectivity index (χ3n) is 2.35. The molecule has 1 aromatic rings. The predicted octanol–water partition coefficient (Wildman–Crippen LogP) is 2.10. The Labute approximate surface area is 121 Å². The van der Waals surface area contributed by atoms with Gasteiger partial charge in [0.15, 0.2) is 0 Å². The summed E-state index contributed by atoms with van der Waals surface area (Å²) in [7, 11) is 3.34. The number of rotatable bonds is 8. The molecule has 0 atom stereocenters. The maximum absolute atomic E-state index is 12.0. The third kappa shape index (κ3) is 6.76. The van der Waals surface area contributed by atoms with Crippen molar-refractivity contribution in [2.24, 2.45) is 0 Å². The molecule has 0 aliphatic heterocycles.